The summed E-state index contributed by atoms with van der Waals surface area (Å²) >= 11 is 0. The highest BCUT2D eigenvalue weighted by Crippen LogP contribution is 2.15. The van der Waals surface area contributed by atoms with Gasteiger partial charge in [-0.2, -0.15) is 5.10 Å². The van der Waals surface area contributed by atoms with E-state index in [0.29, 0.717) is 6.54 Å². The van der Waals surface area contributed by atoms with Crippen molar-refractivity contribution >= 4 is 11.6 Å². The fraction of sp³-hybridized carbons (Fsp3) is 0.476. The molecule has 28 heavy (non-hydrogen) atoms. The smallest absolute Gasteiger partial charge is 0.266 e. The molecule has 1 aromatic heterocycles. The lowest BCUT2D eigenvalue weighted by atomic mass is 10.0. The van der Waals surface area contributed by atoms with Crippen molar-refractivity contribution in [1.82, 2.24) is 20.4 Å². The standard InChI is InChI=1S/C21H29N5O2/c1-3-4-17-5-7-18(8-6-17)16(2)23-21(28)15-25-9-11-26(12-10-25)19-13-20(27)24-22-14-19/h5-8,13-14,16H,3-4,9-12,15H2,1-2H3,(H,23,28)(H,24,27)/t16-/m1/s1. The minimum absolute atomic E-state index is 0.00779. The number of aromatic amines is 1. The predicted octanol–water partition coefficient (Wildman–Crippen LogP) is 1.72. The molecule has 150 valence electrons. The Bertz CT molecular complexity index is 825. The molecule has 1 atom stereocenters. The van der Waals surface area contributed by atoms with Crippen LogP contribution in [-0.2, 0) is 11.2 Å². The van der Waals surface area contributed by atoms with Gasteiger partial charge in [-0.1, -0.05) is 37.6 Å². The Balaban J connectivity index is 1.45. The third kappa shape index (κ3) is 5.42. The summed E-state index contributed by atoms with van der Waals surface area (Å²) in [5, 5.41) is 9.33. The van der Waals surface area contributed by atoms with E-state index in [0.717, 1.165) is 50.3 Å². The van der Waals surface area contributed by atoms with Crippen LogP contribution in [0.4, 0.5) is 5.69 Å². The third-order valence-corrected chi connectivity index (χ3v) is 5.15. The molecule has 2 aromatic rings. The molecule has 1 saturated heterocycles. The first-order valence-corrected chi connectivity index (χ1v) is 9.95. The van der Waals surface area contributed by atoms with Gasteiger partial charge in [0.15, 0.2) is 0 Å². The zero-order valence-electron chi connectivity index (χ0n) is 16.6. The second-order valence-corrected chi connectivity index (χ2v) is 7.35. The van der Waals surface area contributed by atoms with Crippen LogP contribution in [0.15, 0.2) is 41.3 Å². The van der Waals surface area contributed by atoms with Gasteiger partial charge in [-0.25, -0.2) is 5.10 Å². The molecule has 0 unspecified atom stereocenters. The number of aryl methyl sites for hydroxylation is 1. The highest BCUT2D eigenvalue weighted by Gasteiger charge is 2.20. The van der Waals surface area contributed by atoms with E-state index in [1.54, 1.807) is 12.3 Å². The topological polar surface area (TPSA) is 81.3 Å². The van der Waals surface area contributed by atoms with Crippen LogP contribution >= 0.6 is 0 Å². The number of H-pyrrole nitrogens is 1. The summed E-state index contributed by atoms with van der Waals surface area (Å²) in [4.78, 5) is 28.1. The van der Waals surface area contributed by atoms with Crippen LogP contribution in [0.3, 0.4) is 0 Å². The monoisotopic (exact) mass is 383 g/mol. The van der Waals surface area contributed by atoms with Gasteiger partial charge >= 0.3 is 0 Å². The summed E-state index contributed by atoms with van der Waals surface area (Å²) in [6, 6.07) is 10.0. The molecule has 2 heterocycles. The lowest BCUT2D eigenvalue weighted by Crippen LogP contribution is -2.49. The van der Waals surface area contributed by atoms with Gasteiger partial charge in [0.1, 0.15) is 0 Å². The van der Waals surface area contributed by atoms with Crippen LogP contribution in [0.1, 0.15) is 37.4 Å². The number of rotatable bonds is 7. The number of benzene rings is 1. The molecule has 1 amide bonds. The number of hydrogen-bond donors (Lipinski definition) is 2. The van der Waals surface area contributed by atoms with E-state index >= 15 is 0 Å². The van der Waals surface area contributed by atoms with Crippen molar-refractivity contribution < 1.29 is 4.79 Å². The van der Waals surface area contributed by atoms with Gasteiger partial charge in [0.05, 0.1) is 24.5 Å². The van der Waals surface area contributed by atoms with Crippen LogP contribution in [-0.4, -0.2) is 53.7 Å². The van der Waals surface area contributed by atoms with E-state index in [2.05, 4.69) is 56.5 Å². The van der Waals surface area contributed by atoms with Gasteiger partial charge < -0.3 is 10.2 Å². The number of carbonyl (C=O) groups excluding carboxylic acids is 1. The largest absolute Gasteiger partial charge is 0.368 e. The Morgan fingerprint density at radius 1 is 1.21 bits per heavy atom. The van der Waals surface area contributed by atoms with E-state index < -0.39 is 0 Å². The summed E-state index contributed by atoms with van der Waals surface area (Å²) in [6.07, 6.45) is 3.88. The molecular formula is C21H29N5O2. The molecule has 7 nitrogen and oxygen atoms in total. The molecule has 0 spiro atoms. The Kier molecular flexibility index (Phi) is 6.81. The number of aromatic nitrogens is 2. The molecule has 1 aliphatic rings. The lowest BCUT2D eigenvalue weighted by molar-refractivity contribution is -0.123. The average Bonchev–Trinajstić information content (AvgIpc) is 2.69. The number of anilines is 1. The molecule has 1 aliphatic heterocycles. The minimum Gasteiger partial charge on any atom is -0.368 e. The van der Waals surface area contributed by atoms with Gasteiger partial charge in [0.25, 0.3) is 5.56 Å². The molecular weight excluding hydrogens is 354 g/mol. The minimum atomic E-state index is -0.198. The van der Waals surface area contributed by atoms with Gasteiger partial charge in [0.2, 0.25) is 5.91 Å². The number of hydrogen-bond acceptors (Lipinski definition) is 5. The van der Waals surface area contributed by atoms with Crippen molar-refractivity contribution in [3.05, 3.63) is 58.0 Å². The van der Waals surface area contributed by atoms with E-state index in [1.165, 1.54) is 5.56 Å². The zero-order chi connectivity index (χ0) is 19.9. The molecule has 3 rings (SSSR count). The summed E-state index contributed by atoms with van der Waals surface area (Å²) < 4.78 is 0. The highest BCUT2D eigenvalue weighted by molar-refractivity contribution is 5.78. The van der Waals surface area contributed by atoms with Crippen molar-refractivity contribution in [2.75, 3.05) is 37.6 Å². The van der Waals surface area contributed by atoms with Crippen molar-refractivity contribution in [3.8, 4) is 0 Å². The molecule has 1 fully saturated rings. The number of nitrogens with zero attached hydrogens (tertiary/aromatic N) is 3. The van der Waals surface area contributed by atoms with Crippen LogP contribution < -0.4 is 15.8 Å². The normalized spacial score (nSPS) is 16.0. The van der Waals surface area contributed by atoms with Crippen molar-refractivity contribution in [2.24, 2.45) is 0 Å². The molecule has 1 aromatic carbocycles. The highest BCUT2D eigenvalue weighted by atomic mass is 16.2. The Labute approximate surface area is 165 Å². The maximum Gasteiger partial charge on any atom is 0.266 e. The van der Waals surface area contributed by atoms with Crippen molar-refractivity contribution in [1.29, 1.82) is 0 Å². The number of nitrogens with one attached hydrogen (secondary N) is 2. The van der Waals surface area contributed by atoms with Crippen molar-refractivity contribution in [3.63, 3.8) is 0 Å². The van der Waals surface area contributed by atoms with Crippen LogP contribution in [0.25, 0.3) is 0 Å². The molecule has 2 N–H and O–H groups in total. The van der Waals surface area contributed by atoms with E-state index in [-0.39, 0.29) is 17.5 Å². The summed E-state index contributed by atoms with van der Waals surface area (Å²) in [6.45, 7) is 7.68. The molecule has 0 saturated carbocycles. The maximum atomic E-state index is 12.4. The van der Waals surface area contributed by atoms with Crippen LogP contribution in [0, 0.1) is 0 Å². The second-order valence-electron chi connectivity index (χ2n) is 7.35. The molecule has 7 heteroatoms. The third-order valence-electron chi connectivity index (χ3n) is 5.15. The number of amides is 1. The van der Waals surface area contributed by atoms with Gasteiger partial charge in [0, 0.05) is 32.2 Å². The Morgan fingerprint density at radius 2 is 1.93 bits per heavy atom. The quantitative estimate of drug-likeness (QED) is 0.761. The van der Waals surface area contributed by atoms with Gasteiger partial charge in [-0.05, 0) is 24.5 Å². The number of piperazine rings is 1. The lowest BCUT2D eigenvalue weighted by Gasteiger charge is -2.35. The molecule has 0 aliphatic carbocycles. The second kappa shape index (κ2) is 9.50. The average molecular weight is 383 g/mol. The Morgan fingerprint density at radius 3 is 2.57 bits per heavy atom. The van der Waals surface area contributed by atoms with Crippen LogP contribution in [0.2, 0.25) is 0 Å². The predicted molar refractivity (Wildman–Crippen MR) is 111 cm³/mol. The first kappa shape index (κ1) is 20.1. The fourth-order valence-corrected chi connectivity index (χ4v) is 3.54. The summed E-state index contributed by atoms with van der Waals surface area (Å²) in [5.41, 5.74) is 3.09. The fourth-order valence-electron chi connectivity index (χ4n) is 3.54. The molecule has 0 bridgehead atoms. The zero-order valence-corrected chi connectivity index (χ0v) is 16.6. The van der Waals surface area contributed by atoms with E-state index in [4.69, 9.17) is 0 Å². The van der Waals surface area contributed by atoms with Crippen LogP contribution in [0.5, 0.6) is 0 Å². The molecule has 0 radical (unpaired) electrons. The first-order valence-electron chi connectivity index (χ1n) is 9.95. The van der Waals surface area contributed by atoms with Gasteiger partial charge in [-0.3, -0.25) is 14.5 Å². The summed E-state index contributed by atoms with van der Waals surface area (Å²) in [5.74, 6) is 0.0383. The SMILES string of the molecule is CCCc1ccc([C@@H](C)NC(=O)CN2CCN(c3cn[nH]c(=O)c3)CC2)cc1. The van der Waals surface area contributed by atoms with Gasteiger partial charge in [-0.15, -0.1) is 0 Å². The van der Waals surface area contributed by atoms with E-state index in [1.807, 2.05) is 6.92 Å². The first-order chi connectivity index (χ1) is 13.5. The van der Waals surface area contributed by atoms with E-state index in [9.17, 15) is 9.59 Å². The Hall–Kier alpha value is -2.67. The number of carbonyl (C=O) groups is 1. The van der Waals surface area contributed by atoms with Crippen molar-refractivity contribution in [2.45, 2.75) is 32.7 Å². The summed E-state index contributed by atoms with van der Waals surface area (Å²) in [7, 11) is 0. The maximum absolute atomic E-state index is 12.4.